The van der Waals surface area contributed by atoms with E-state index in [1.807, 2.05) is 35.0 Å². The number of halogens is 1. The minimum absolute atomic E-state index is 0.0596. The van der Waals surface area contributed by atoms with Crippen LogP contribution in [0.5, 0.6) is 0 Å². The number of rotatable bonds is 5. The number of carbonyl (C=O) groups excluding carboxylic acids is 1. The lowest BCUT2D eigenvalue weighted by Crippen LogP contribution is -2.28. The molecule has 0 radical (unpaired) electrons. The highest BCUT2D eigenvalue weighted by Crippen LogP contribution is 2.15. The third-order valence-electron chi connectivity index (χ3n) is 4.46. The first-order valence-electron chi connectivity index (χ1n) is 8.73. The van der Waals surface area contributed by atoms with E-state index < -0.39 is 5.91 Å². The number of aromatic nitrogens is 3. The van der Waals surface area contributed by atoms with Gasteiger partial charge in [-0.1, -0.05) is 35.9 Å². The van der Waals surface area contributed by atoms with Gasteiger partial charge in [-0.3, -0.25) is 9.59 Å². The summed E-state index contributed by atoms with van der Waals surface area (Å²) in [7, 11) is 0. The Morgan fingerprint density at radius 2 is 2.04 bits per heavy atom. The van der Waals surface area contributed by atoms with E-state index in [9.17, 15) is 9.59 Å². The van der Waals surface area contributed by atoms with Gasteiger partial charge in [0, 0.05) is 47.6 Å². The Balaban J connectivity index is 1.49. The minimum Gasteiger partial charge on any atom is -0.360 e. The van der Waals surface area contributed by atoms with Crippen LogP contribution in [0.4, 0.5) is 0 Å². The molecule has 2 heterocycles. The van der Waals surface area contributed by atoms with Crippen LogP contribution in [-0.2, 0) is 13.1 Å². The Labute approximate surface area is 165 Å². The van der Waals surface area contributed by atoms with Gasteiger partial charge in [0.15, 0.2) is 0 Å². The van der Waals surface area contributed by atoms with Gasteiger partial charge in [-0.05, 0) is 29.3 Å². The standard InChI is InChI=1S/C21H17ClN4O2/c22-16-4-5-19-17(9-16)20(27)18(11-24-19)21(28)25-10-14-2-1-3-15(8-14)12-26-7-6-23-13-26/h1-9,11,13H,10,12H2,(H,24,27)(H,25,28). The second-order valence-electron chi connectivity index (χ2n) is 6.46. The Kier molecular flexibility index (Phi) is 4.95. The molecule has 140 valence electrons. The molecule has 0 atom stereocenters. The molecule has 4 aromatic rings. The number of hydrogen-bond donors (Lipinski definition) is 2. The van der Waals surface area contributed by atoms with E-state index in [2.05, 4.69) is 15.3 Å². The molecule has 2 N–H and O–H groups in total. The van der Waals surface area contributed by atoms with Crippen LogP contribution < -0.4 is 10.7 Å². The van der Waals surface area contributed by atoms with Crippen molar-refractivity contribution in [1.82, 2.24) is 19.9 Å². The van der Waals surface area contributed by atoms with Crippen LogP contribution in [0.1, 0.15) is 21.5 Å². The summed E-state index contributed by atoms with van der Waals surface area (Å²) < 4.78 is 1.97. The van der Waals surface area contributed by atoms with E-state index in [4.69, 9.17) is 11.6 Å². The van der Waals surface area contributed by atoms with Gasteiger partial charge in [-0.25, -0.2) is 4.98 Å². The summed E-state index contributed by atoms with van der Waals surface area (Å²) in [5, 5.41) is 3.65. The largest absolute Gasteiger partial charge is 0.360 e. The Hall–Kier alpha value is -3.38. The van der Waals surface area contributed by atoms with Crippen LogP contribution in [0.3, 0.4) is 0 Å². The molecule has 0 unspecified atom stereocenters. The van der Waals surface area contributed by atoms with Crippen molar-refractivity contribution in [3.63, 3.8) is 0 Å². The zero-order valence-electron chi connectivity index (χ0n) is 14.9. The summed E-state index contributed by atoms with van der Waals surface area (Å²) in [6, 6.07) is 12.9. The maximum atomic E-state index is 12.6. The lowest BCUT2D eigenvalue weighted by molar-refractivity contribution is 0.0949. The fourth-order valence-electron chi connectivity index (χ4n) is 3.07. The molecule has 1 amide bonds. The second-order valence-corrected chi connectivity index (χ2v) is 6.90. The highest BCUT2D eigenvalue weighted by Gasteiger charge is 2.13. The molecule has 0 aliphatic heterocycles. The van der Waals surface area contributed by atoms with Gasteiger partial charge in [0.1, 0.15) is 5.56 Å². The van der Waals surface area contributed by atoms with Gasteiger partial charge in [0.05, 0.1) is 6.33 Å². The molecule has 7 heteroatoms. The van der Waals surface area contributed by atoms with Gasteiger partial charge in [-0.2, -0.15) is 0 Å². The molecular weight excluding hydrogens is 376 g/mol. The zero-order valence-corrected chi connectivity index (χ0v) is 15.6. The number of fused-ring (bicyclic) bond motifs is 1. The summed E-state index contributed by atoms with van der Waals surface area (Å²) in [5.74, 6) is -0.428. The summed E-state index contributed by atoms with van der Waals surface area (Å²) >= 11 is 5.97. The van der Waals surface area contributed by atoms with Crippen LogP contribution in [0.15, 0.2) is 72.2 Å². The number of H-pyrrole nitrogens is 1. The first kappa shape index (κ1) is 18.0. The maximum absolute atomic E-state index is 12.6. The van der Waals surface area contributed by atoms with Crippen molar-refractivity contribution >= 4 is 28.4 Å². The normalized spacial score (nSPS) is 10.9. The Morgan fingerprint density at radius 1 is 1.18 bits per heavy atom. The van der Waals surface area contributed by atoms with Crippen LogP contribution in [-0.4, -0.2) is 20.4 Å². The number of pyridine rings is 1. The number of nitrogens with one attached hydrogen (secondary N) is 2. The summed E-state index contributed by atoms with van der Waals surface area (Å²) in [6.07, 6.45) is 6.82. The number of hydrogen-bond acceptors (Lipinski definition) is 3. The molecule has 4 rings (SSSR count). The Bertz CT molecular complexity index is 1200. The third-order valence-corrected chi connectivity index (χ3v) is 4.69. The minimum atomic E-state index is -0.428. The van der Waals surface area contributed by atoms with Crippen molar-refractivity contribution in [2.75, 3.05) is 0 Å². The van der Waals surface area contributed by atoms with Crippen molar-refractivity contribution in [1.29, 1.82) is 0 Å². The van der Waals surface area contributed by atoms with Crippen molar-refractivity contribution in [2.24, 2.45) is 0 Å². The molecule has 6 nitrogen and oxygen atoms in total. The predicted octanol–water partition coefficient (Wildman–Crippen LogP) is 3.36. The number of amides is 1. The predicted molar refractivity (Wildman–Crippen MR) is 109 cm³/mol. The van der Waals surface area contributed by atoms with Gasteiger partial charge in [0.25, 0.3) is 5.91 Å². The molecule has 0 fully saturated rings. The quantitative estimate of drug-likeness (QED) is 0.546. The molecule has 2 aromatic carbocycles. The molecule has 0 spiro atoms. The molecule has 2 aromatic heterocycles. The van der Waals surface area contributed by atoms with Gasteiger partial charge < -0.3 is 14.9 Å². The number of imidazole rings is 1. The third kappa shape index (κ3) is 3.82. The lowest BCUT2D eigenvalue weighted by Gasteiger charge is -2.08. The van der Waals surface area contributed by atoms with Crippen LogP contribution >= 0.6 is 11.6 Å². The number of benzene rings is 2. The van der Waals surface area contributed by atoms with E-state index in [1.165, 1.54) is 6.20 Å². The van der Waals surface area contributed by atoms with Gasteiger partial charge in [-0.15, -0.1) is 0 Å². The van der Waals surface area contributed by atoms with Crippen LogP contribution in [0, 0.1) is 0 Å². The maximum Gasteiger partial charge on any atom is 0.257 e. The molecule has 0 aliphatic rings. The molecule has 0 saturated heterocycles. The number of nitrogens with zero attached hydrogens (tertiary/aromatic N) is 2. The highest BCUT2D eigenvalue weighted by molar-refractivity contribution is 6.31. The van der Waals surface area contributed by atoms with Gasteiger partial charge in [0.2, 0.25) is 5.43 Å². The van der Waals surface area contributed by atoms with Crippen LogP contribution in [0.2, 0.25) is 5.02 Å². The molecule has 0 aliphatic carbocycles. The van der Waals surface area contributed by atoms with Crippen molar-refractivity contribution in [2.45, 2.75) is 13.1 Å². The highest BCUT2D eigenvalue weighted by atomic mass is 35.5. The van der Waals surface area contributed by atoms with E-state index in [1.54, 1.807) is 30.7 Å². The molecule has 28 heavy (non-hydrogen) atoms. The summed E-state index contributed by atoms with van der Waals surface area (Å²) in [4.78, 5) is 32.2. The van der Waals surface area contributed by atoms with Crippen molar-refractivity contribution < 1.29 is 4.79 Å². The van der Waals surface area contributed by atoms with Gasteiger partial charge >= 0.3 is 0 Å². The Morgan fingerprint density at radius 3 is 2.86 bits per heavy atom. The summed E-state index contributed by atoms with van der Waals surface area (Å²) in [6.45, 7) is 1.02. The topological polar surface area (TPSA) is 79.8 Å². The van der Waals surface area contributed by atoms with Crippen molar-refractivity contribution in [3.8, 4) is 0 Å². The lowest BCUT2D eigenvalue weighted by atomic mass is 10.1. The van der Waals surface area contributed by atoms with Crippen molar-refractivity contribution in [3.05, 3.63) is 99.3 Å². The van der Waals surface area contributed by atoms with E-state index in [0.717, 1.165) is 11.1 Å². The monoisotopic (exact) mass is 392 g/mol. The smallest absolute Gasteiger partial charge is 0.257 e. The fourth-order valence-corrected chi connectivity index (χ4v) is 3.24. The van der Waals surface area contributed by atoms with E-state index in [-0.39, 0.29) is 11.0 Å². The second kappa shape index (κ2) is 7.70. The SMILES string of the molecule is O=C(NCc1cccc(Cn2ccnc2)c1)c1c[nH]c2ccc(Cl)cc2c1=O. The fraction of sp³-hybridized carbons (Fsp3) is 0.0952. The zero-order chi connectivity index (χ0) is 19.5. The molecule has 0 saturated carbocycles. The average molecular weight is 393 g/mol. The van der Waals surface area contributed by atoms with E-state index >= 15 is 0 Å². The number of aromatic amines is 1. The van der Waals surface area contributed by atoms with Crippen LogP contribution in [0.25, 0.3) is 10.9 Å². The number of carbonyl (C=O) groups is 1. The summed E-state index contributed by atoms with van der Waals surface area (Å²) in [5.41, 5.74) is 2.40. The average Bonchev–Trinajstić information content (AvgIpc) is 3.20. The first-order valence-corrected chi connectivity index (χ1v) is 9.10. The molecule has 0 bridgehead atoms. The first-order chi connectivity index (χ1) is 13.6. The molecular formula is C21H17ClN4O2. The van der Waals surface area contributed by atoms with E-state index in [0.29, 0.717) is 29.0 Å².